The predicted molar refractivity (Wildman–Crippen MR) is 112 cm³/mol. The molecular formula is C23H40FN3. The molecule has 0 bridgehead atoms. The minimum atomic E-state index is -0.0469. The molecule has 4 atom stereocenters. The van der Waals surface area contributed by atoms with Gasteiger partial charge in [0.2, 0.25) is 0 Å². The molecular weight excluding hydrogens is 337 g/mol. The number of hydrogen-bond donors (Lipinski definition) is 2. The summed E-state index contributed by atoms with van der Waals surface area (Å²) in [6, 6.07) is 0.534. The van der Waals surface area contributed by atoms with Crippen molar-refractivity contribution in [1.82, 2.24) is 10.2 Å². The summed E-state index contributed by atoms with van der Waals surface area (Å²) >= 11 is 0. The van der Waals surface area contributed by atoms with Crippen molar-refractivity contribution in [3.05, 3.63) is 23.6 Å². The minimum Gasteiger partial charge on any atom is -0.330 e. The Balaban J connectivity index is 2.10. The molecule has 0 aromatic carbocycles. The molecule has 4 heteroatoms. The average Bonchev–Trinajstić information content (AvgIpc) is 3.07. The Labute approximate surface area is 165 Å². The summed E-state index contributed by atoms with van der Waals surface area (Å²) < 4.78 is 14.5. The standard InChI is InChI=1S/C23H40FN3/c1-3-8-18(13-14-25)23(27-15-7-16-27,19-9-5-10-20(24)17-19)21-11-6-12-22(21)26-4-2/h9,17-18,21-22,26H,3-8,10-16,25H2,1-2H3. The van der Waals surface area contributed by atoms with Crippen LogP contribution in [0.1, 0.15) is 71.6 Å². The van der Waals surface area contributed by atoms with E-state index in [4.69, 9.17) is 5.73 Å². The Morgan fingerprint density at radius 3 is 2.67 bits per heavy atom. The Morgan fingerprint density at radius 2 is 2.07 bits per heavy atom. The second-order valence-corrected chi connectivity index (χ2v) is 8.72. The monoisotopic (exact) mass is 377 g/mol. The van der Waals surface area contributed by atoms with Crippen molar-refractivity contribution in [2.24, 2.45) is 17.6 Å². The molecule has 0 amide bonds. The number of hydrogen-bond acceptors (Lipinski definition) is 3. The van der Waals surface area contributed by atoms with Crippen molar-refractivity contribution in [2.75, 3.05) is 26.2 Å². The highest BCUT2D eigenvalue weighted by Crippen LogP contribution is 2.52. The summed E-state index contributed by atoms with van der Waals surface area (Å²) in [4.78, 5) is 2.71. The molecule has 2 aliphatic carbocycles. The van der Waals surface area contributed by atoms with Crippen LogP contribution in [0.5, 0.6) is 0 Å². The molecule has 0 spiro atoms. The first-order valence-corrected chi connectivity index (χ1v) is 11.4. The first kappa shape index (κ1) is 21.0. The SMILES string of the molecule is CCCC(CCN)C(C1=CCCC(F)=C1)(C1CCCC1NCC)N1CCC1. The molecule has 1 saturated carbocycles. The van der Waals surface area contributed by atoms with Gasteiger partial charge in [0.25, 0.3) is 0 Å². The maximum Gasteiger partial charge on any atom is 0.101 e. The van der Waals surface area contributed by atoms with Crippen LogP contribution in [0.2, 0.25) is 0 Å². The van der Waals surface area contributed by atoms with E-state index >= 15 is 0 Å². The summed E-state index contributed by atoms with van der Waals surface area (Å²) in [6.45, 7) is 8.52. The molecule has 0 aromatic rings. The van der Waals surface area contributed by atoms with Gasteiger partial charge in [-0.25, -0.2) is 4.39 Å². The molecule has 0 radical (unpaired) electrons. The van der Waals surface area contributed by atoms with Crippen molar-refractivity contribution < 1.29 is 4.39 Å². The van der Waals surface area contributed by atoms with Gasteiger partial charge in [0, 0.05) is 25.6 Å². The van der Waals surface area contributed by atoms with Gasteiger partial charge in [0.15, 0.2) is 0 Å². The van der Waals surface area contributed by atoms with Gasteiger partial charge in [-0.3, -0.25) is 4.90 Å². The van der Waals surface area contributed by atoms with Crippen LogP contribution in [-0.2, 0) is 0 Å². The summed E-state index contributed by atoms with van der Waals surface area (Å²) in [5, 5.41) is 3.79. The molecule has 3 rings (SSSR count). The van der Waals surface area contributed by atoms with Gasteiger partial charge in [0.05, 0.1) is 5.54 Å². The lowest BCUT2D eigenvalue weighted by molar-refractivity contribution is -0.0399. The number of allylic oxidation sites excluding steroid dienone is 2. The normalized spacial score (nSPS) is 29.6. The third-order valence-electron chi connectivity index (χ3n) is 7.22. The van der Waals surface area contributed by atoms with E-state index in [1.165, 1.54) is 44.1 Å². The minimum absolute atomic E-state index is 0.0469. The third-order valence-corrected chi connectivity index (χ3v) is 7.22. The van der Waals surface area contributed by atoms with E-state index in [0.717, 1.165) is 39.0 Å². The zero-order valence-corrected chi connectivity index (χ0v) is 17.5. The maximum absolute atomic E-state index is 14.5. The fourth-order valence-electron chi connectivity index (χ4n) is 6.19. The molecule has 3 nitrogen and oxygen atoms in total. The third kappa shape index (κ3) is 4.04. The molecule has 154 valence electrons. The number of likely N-dealkylation sites (tertiary alicyclic amines) is 1. The van der Waals surface area contributed by atoms with Crippen molar-refractivity contribution in [3.8, 4) is 0 Å². The zero-order chi connectivity index (χ0) is 19.3. The average molecular weight is 378 g/mol. The van der Waals surface area contributed by atoms with Crippen LogP contribution < -0.4 is 11.1 Å². The number of nitrogens with zero attached hydrogens (tertiary/aromatic N) is 1. The Kier molecular flexibility index (Phi) is 7.52. The van der Waals surface area contributed by atoms with Crippen LogP contribution in [0, 0.1) is 11.8 Å². The molecule has 1 aliphatic heterocycles. The fourth-order valence-corrected chi connectivity index (χ4v) is 6.19. The summed E-state index contributed by atoms with van der Waals surface area (Å²) in [6.07, 6.45) is 14.1. The molecule has 2 fully saturated rings. The summed E-state index contributed by atoms with van der Waals surface area (Å²) in [5.41, 5.74) is 7.35. The Bertz CT molecular complexity index is 534. The predicted octanol–water partition coefficient (Wildman–Crippen LogP) is 4.55. The van der Waals surface area contributed by atoms with Crippen LogP contribution in [0.15, 0.2) is 23.6 Å². The summed E-state index contributed by atoms with van der Waals surface area (Å²) in [5.74, 6) is 1.12. The zero-order valence-electron chi connectivity index (χ0n) is 17.5. The van der Waals surface area contributed by atoms with Crippen LogP contribution >= 0.6 is 0 Å². The summed E-state index contributed by atoms with van der Waals surface area (Å²) in [7, 11) is 0. The van der Waals surface area contributed by atoms with Crippen LogP contribution in [-0.4, -0.2) is 42.7 Å². The van der Waals surface area contributed by atoms with Gasteiger partial charge in [-0.05, 0) is 75.1 Å². The van der Waals surface area contributed by atoms with Gasteiger partial charge in [-0.1, -0.05) is 32.8 Å². The van der Waals surface area contributed by atoms with Gasteiger partial charge in [0.1, 0.15) is 5.83 Å². The topological polar surface area (TPSA) is 41.3 Å². The first-order valence-electron chi connectivity index (χ1n) is 11.4. The quantitative estimate of drug-likeness (QED) is 0.587. The van der Waals surface area contributed by atoms with Crippen molar-refractivity contribution in [1.29, 1.82) is 0 Å². The molecule has 3 N–H and O–H groups in total. The van der Waals surface area contributed by atoms with Gasteiger partial charge in [-0.15, -0.1) is 0 Å². The number of rotatable bonds is 10. The molecule has 3 aliphatic rings. The molecule has 4 unspecified atom stereocenters. The second-order valence-electron chi connectivity index (χ2n) is 8.72. The highest BCUT2D eigenvalue weighted by molar-refractivity contribution is 5.39. The highest BCUT2D eigenvalue weighted by Gasteiger charge is 2.55. The smallest absolute Gasteiger partial charge is 0.101 e. The van der Waals surface area contributed by atoms with Gasteiger partial charge >= 0.3 is 0 Å². The van der Waals surface area contributed by atoms with E-state index < -0.39 is 0 Å². The number of nitrogens with one attached hydrogen (secondary N) is 1. The molecule has 1 saturated heterocycles. The highest BCUT2D eigenvalue weighted by atomic mass is 19.1. The maximum atomic E-state index is 14.5. The lowest BCUT2D eigenvalue weighted by Crippen LogP contribution is -2.66. The van der Waals surface area contributed by atoms with Gasteiger partial charge in [-0.2, -0.15) is 0 Å². The second kappa shape index (κ2) is 9.67. The van der Waals surface area contributed by atoms with E-state index in [2.05, 4.69) is 30.1 Å². The lowest BCUT2D eigenvalue weighted by Gasteiger charge is -2.59. The lowest BCUT2D eigenvalue weighted by atomic mass is 9.61. The van der Waals surface area contributed by atoms with Crippen LogP contribution in [0.3, 0.4) is 0 Å². The molecule has 0 aromatic heterocycles. The first-order chi connectivity index (χ1) is 13.2. The molecule has 1 heterocycles. The number of halogens is 1. The van der Waals surface area contributed by atoms with E-state index in [1.807, 2.05) is 6.08 Å². The van der Waals surface area contributed by atoms with Crippen LogP contribution in [0.4, 0.5) is 4.39 Å². The number of nitrogens with two attached hydrogens (primary N) is 1. The fraction of sp³-hybridized carbons (Fsp3) is 0.826. The van der Waals surface area contributed by atoms with Crippen molar-refractivity contribution in [3.63, 3.8) is 0 Å². The van der Waals surface area contributed by atoms with E-state index in [-0.39, 0.29) is 11.4 Å². The largest absolute Gasteiger partial charge is 0.330 e. The van der Waals surface area contributed by atoms with Gasteiger partial charge < -0.3 is 11.1 Å². The Hall–Kier alpha value is -0.710. The van der Waals surface area contributed by atoms with E-state index in [9.17, 15) is 4.39 Å². The molecule has 27 heavy (non-hydrogen) atoms. The van der Waals surface area contributed by atoms with Crippen molar-refractivity contribution in [2.45, 2.75) is 83.2 Å². The van der Waals surface area contributed by atoms with E-state index in [1.54, 1.807) is 0 Å². The Morgan fingerprint density at radius 1 is 1.26 bits per heavy atom. The van der Waals surface area contributed by atoms with Crippen molar-refractivity contribution >= 4 is 0 Å². The van der Waals surface area contributed by atoms with Crippen LogP contribution in [0.25, 0.3) is 0 Å². The van der Waals surface area contributed by atoms with E-state index in [0.29, 0.717) is 24.3 Å².